The van der Waals surface area contributed by atoms with E-state index in [4.69, 9.17) is 0 Å². The number of halogens is 3. The van der Waals surface area contributed by atoms with E-state index in [1.165, 1.54) is 6.08 Å². The molecule has 0 unspecified atom stereocenters. The molecule has 2 N–H and O–H groups in total. The van der Waals surface area contributed by atoms with Gasteiger partial charge in [-0.15, -0.1) is 0 Å². The summed E-state index contributed by atoms with van der Waals surface area (Å²) < 4.78 is 39.8. The van der Waals surface area contributed by atoms with Crippen molar-refractivity contribution in [3.8, 4) is 0 Å². The van der Waals surface area contributed by atoms with E-state index in [1.54, 1.807) is 6.92 Å². The summed E-state index contributed by atoms with van der Waals surface area (Å²) in [7, 11) is 0. The Kier molecular flexibility index (Phi) is 5.29. The summed E-state index contributed by atoms with van der Waals surface area (Å²) in [5.41, 5.74) is 0.685. The molecule has 0 aromatic heterocycles. The lowest BCUT2D eigenvalue weighted by Gasteiger charge is -2.27. The molecule has 0 radical (unpaired) electrons. The number of benzene rings is 1. The second-order valence-corrected chi connectivity index (χ2v) is 7.19. The molecule has 2 aliphatic rings. The number of aryl methyl sites for hydroxylation is 1. The molecule has 2 fully saturated rings. The van der Waals surface area contributed by atoms with E-state index in [0.717, 1.165) is 31.6 Å². The molecule has 2 amide bonds. The molecule has 0 atom stereocenters. The van der Waals surface area contributed by atoms with E-state index < -0.39 is 22.9 Å². The van der Waals surface area contributed by atoms with Crippen molar-refractivity contribution >= 4 is 34.7 Å². The number of nitrogens with zero attached hydrogens (tertiary/aromatic N) is 1. The molecule has 0 bridgehead atoms. The van der Waals surface area contributed by atoms with E-state index in [9.17, 15) is 22.8 Å². The topological polar surface area (TPSA) is 61.4 Å². The van der Waals surface area contributed by atoms with Crippen LogP contribution in [0.3, 0.4) is 0 Å². The number of rotatable bonds is 2. The smallest absolute Gasteiger partial charge is 0.370 e. The largest absolute Gasteiger partial charge is 0.416 e. The van der Waals surface area contributed by atoms with Gasteiger partial charge in [0.05, 0.1) is 10.5 Å². The van der Waals surface area contributed by atoms with Gasteiger partial charge in [-0.2, -0.15) is 13.2 Å². The van der Waals surface area contributed by atoms with Crippen LogP contribution in [-0.4, -0.2) is 37.3 Å². The van der Waals surface area contributed by atoms with Crippen LogP contribution in [0.4, 0.5) is 23.7 Å². The highest BCUT2D eigenvalue weighted by molar-refractivity contribution is 8.18. The van der Waals surface area contributed by atoms with Crippen LogP contribution < -0.4 is 15.5 Å². The summed E-state index contributed by atoms with van der Waals surface area (Å²) >= 11 is 0.697. The van der Waals surface area contributed by atoms with Crippen LogP contribution in [0.25, 0.3) is 6.08 Å². The number of hydrogen-bond donors (Lipinski definition) is 2. The Labute approximate surface area is 153 Å². The molecular formula is C17H18F3N3O2S. The van der Waals surface area contributed by atoms with Gasteiger partial charge in [-0.25, -0.2) is 0 Å². The van der Waals surface area contributed by atoms with Crippen molar-refractivity contribution in [1.82, 2.24) is 10.6 Å². The highest BCUT2D eigenvalue weighted by Gasteiger charge is 2.33. The third-order valence-electron chi connectivity index (χ3n) is 4.24. The number of alkyl halides is 3. The number of carbonyl (C=O) groups excluding carboxylic acids is 2. The third kappa shape index (κ3) is 4.04. The average Bonchev–Trinajstić information content (AvgIpc) is 2.75. The molecule has 26 heavy (non-hydrogen) atoms. The zero-order valence-corrected chi connectivity index (χ0v) is 14.9. The minimum Gasteiger partial charge on any atom is -0.370 e. The molecule has 2 saturated heterocycles. The highest BCUT2D eigenvalue weighted by atomic mass is 32.2. The molecule has 1 aromatic rings. The minimum absolute atomic E-state index is 0.0999. The molecule has 2 heterocycles. The SMILES string of the molecule is Cc1cc(C(F)(F)F)cc(/C=C2\SC(=O)NC2=O)c1N1CCCNCC1. The summed E-state index contributed by atoms with van der Waals surface area (Å²) in [6, 6.07) is 2.17. The lowest BCUT2D eigenvalue weighted by atomic mass is 10.0. The molecule has 0 spiro atoms. The first-order valence-corrected chi connectivity index (χ1v) is 9.00. The fraction of sp³-hybridized carbons (Fsp3) is 0.412. The van der Waals surface area contributed by atoms with Crippen molar-refractivity contribution in [3.63, 3.8) is 0 Å². The first-order chi connectivity index (χ1) is 12.3. The van der Waals surface area contributed by atoms with Crippen LogP contribution >= 0.6 is 11.8 Å². The van der Waals surface area contributed by atoms with Crippen molar-refractivity contribution in [2.45, 2.75) is 19.5 Å². The molecule has 5 nitrogen and oxygen atoms in total. The number of amides is 2. The number of anilines is 1. The second kappa shape index (κ2) is 7.32. The Balaban J connectivity index is 2.11. The Morgan fingerprint density at radius 1 is 1.19 bits per heavy atom. The summed E-state index contributed by atoms with van der Waals surface area (Å²) in [6.45, 7) is 4.57. The molecule has 140 valence electrons. The second-order valence-electron chi connectivity index (χ2n) is 6.17. The molecule has 1 aromatic carbocycles. The van der Waals surface area contributed by atoms with Gasteiger partial charge in [0.2, 0.25) is 0 Å². The van der Waals surface area contributed by atoms with Gasteiger partial charge in [0.1, 0.15) is 0 Å². The third-order valence-corrected chi connectivity index (χ3v) is 5.05. The molecular weight excluding hydrogens is 367 g/mol. The standard InChI is InChI=1S/C17H18F3N3O2S/c1-10-7-12(17(18,19)20)8-11(9-13-15(24)22-16(25)26-13)14(10)23-5-2-3-21-4-6-23/h7-9,21H,2-6H2,1H3,(H,22,24,25)/b13-9-. The zero-order valence-electron chi connectivity index (χ0n) is 14.1. The van der Waals surface area contributed by atoms with Gasteiger partial charge in [0, 0.05) is 25.3 Å². The van der Waals surface area contributed by atoms with Crippen molar-refractivity contribution in [2.75, 3.05) is 31.1 Å². The maximum atomic E-state index is 13.3. The quantitative estimate of drug-likeness (QED) is 0.766. The Bertz CT molecular complexity index is 769. The van der Waals surface area contributed by atoms with E-state index >= 15 is 0 Å². The molecule has 0 saturated carbocycles. The first-order valence-electron chi connectivity index (χ1n) is 8.18. The van der Waals surface area contributed by atoms with E-state index in [0.29, 0.717) is 41.7 Å². The van der Waals surface area contributed by atoms with Gasteiger partial charge in [-0.1, -0.05) is 0 Å². The molecule has 3 rings (SSSR count). The van der Waals surface area contributed by atoms with E-state index in [2.05, 4.69) is 10.6 Å². The van der Waals surface area contributed by atoms with Gasteiger partial charge in [-0.3, -0.25) is 14.9 Å². The lowest BCUT2D eigenvalue weighted by Crippen LogP contribution is -2.29. The Hall–Kier alpha value is -2.00. The fourth-order valence-electron chi connectivity index (χ4n) is 3.14. The lowest BCUT2D eigenvalue weighted by molar-refractivity contribution is -0.137. The number of hydrogen-bond acceptors (Lipinski definition) is 5. The minimum atomic E-state index is -4.49. The molecule has 0 aliphatic carbocycles. The highest BCUT2D eigenvalue weighted by Crippen LogP contribution is 2.38. The number of carbonyl (C=O) groups is 2. The summed E-state index contributed by atoms with van der Waals surface area (Å²) in [5.74, 6) is -0.585. The van der Waals surface area contributed by atoms with Crippen LogP contribution in [-0.2, 0) is 11.0 Å². The van der Waals surface area contributed by atoms with Crippen molar-refractivity contribution < 1.29 is 22.8 Å². The van der Waals surface area contributed by atoms with Crippen LogP contribution in [0.2, 0.25) is 0 Å². The predicted octanol–water partition coefficient (Wildman–Crippen LogP) is 3.14. The van der Waals surface area contributed by atoms with Gasteiger partial charge < -0.3 is 10.2 Å². The van der Waals surface area contributed by atoms with Crippen molar-refractivity contribution in [3.05, 3.63) is 33.7 Å². The molecule has 9 heteroatoms. The van der Waals surface area contributed by atoms with Crippen molar-refractivity contribution in [1.29, 1.82) is 0 Å². The van der Waals surface area contributed by atoms with E-state index in [-0.39, 0.29) is 4.91 Å². The van der Waals surface area contributed by atoms with Crippen molar-refractivity contribution in [2.24, 2.45) is 0 Å². The monoisotopic (exact) mass is 385 g/mol. The maximum absolute atomic E-state index is 13.3. The molecule has 2 aliphatic heterocycles. The van der Waals surface area contributed by atoms with Crippen LogP contribution in [0.15, 0.2) is 17.0 Å². The first kappa shape index (κ1) is 18.8. The summed E-state index contributed by atoms with van der Waals surface area (Å²) in [4.78, 5) is 25.3. The van der Waals surface area contributed by atoms with Gasteiger partial charge in [0.15, 0.2) is 0 Å². The van der Waals surface area contributed by atoms with Crippen LogP contribution in [0, 0.1) is 6.92 Å². The Morgan fingerprint density at radius 2 is 1.96 bits per heavy atom. The summed E-state index contributed by atoms with van der Waals surface area (Å²) in [5, 5.41) is 4.86. The number of nitrogens with one attached hydrogen (secondary N) is 2. The van der Waals surface area contributed by atoms with Gasteiger partial charge in [0.25, 0.3) is 11.1 Å². The maximum Gasteiger partial charge on any atom is 0.416 e. The number of thioether (sulfide) groups is 1. The van der Waals surface area contributed by atoms with Crippen LogP contribution in [0.5, 0.6) is 0 Å². The van der Waals surface area contributed by atoms with Crippen LogP contribution in [0.1, 0.15) is 23.1 Å². The average molecular weight is 385 g/mol. The number of imide groups is 1. The summed E-state index contributed by atoms with van der Waals surface area (Å²) in [6.07, 6.45) is -2.25. The van der Waals surface area contributed by atoms with E-state index in [1.807, 2.05) is 4.90 Å². The van der Waals surface area contributed by atoms with Gasteiger partial charge in [-0.05, 0) is 61.0 Å². The zero-order chi connectivity index (χ0) is 18.9. The normalized spacial score (nSPS) is 20.5. The predicted molar refractivity (Wildman–Crippen MR) is 95.0 cm³/mol. The fourth-order valence-corrected chi connectivity index (χ4v) is 3.82. The van der Waals surface area contributed by atoms with Gasteiger partial charge >= 0.3 is 6.18 Å². The Morgan fingerprint density at radius 3 is 2.62 bits per heavy atom.